The fraction of sp³-hybridized carbons (Fsp3) is 0.433. The van der Waals surface area contributed by atoms with E-state index in [1.165, 1.54) is 5.56 Å². The van der Waals surface area contributed by atoms with Gasteiger partial charge in [0.2, 0.25) is 5.91 Å². The first-order valence-corrected chi connectivity index (χ1v) is 13.2. The second kappa shape index (κ2) is 11.5. The van der Waals surface area contributed by atoms with Crippen molar-refractivity contribution in [1.29, 1.82) is 5.26 Å². The van der Waals surface area contributed by atoms with Crippen molar-refractivity contribution in [3.63, 3.8) is 0 Å². The minimum atomic E-state index is -0.134. The fourth-order valence-corrected chi connectivity index (χ4v) is 5.12. The topological polar surface area (TPSA) is 79.7 Å². The summed E-state index contributed by atoms with van der Waals surface area (Å²) in [5, 5.41) is 12.1. The predicted molar refractivity (Wildman–Crippen MR) is 147 cm³/mol. The number of rotatable bonds is 5. The van der Waals surface area contributed by atoms with Gasteiger partial charge >= 0.3 is 6.03 Å². The fourth-order valence-electron chi connectivity index (χ4n) is 5.12. The minimum Gasteiger partial charge on any atom is -0.371 e. The number of benzene rings is 2. The van der Waals surface area contributed by atoms with E-state index in [1.54, 1.807) is 4.90 Å². The molecule has 2 saturated heterocycles. The van der Waals surface area contributed by atoms with Crippen LogP contribution in [0.15, 0.2) is 49.0 Å². The first kappa shape index (κ1) is 26.3. The second-order valence-electron chi connectivity index (χ2n) is 10.4. The number of piperidine rings is 1. The number of carbonyl (C=O) groups excluding carboxylic acids is 2. The van der Waals surface area contributed by atoms with Crippen LogP contribution in [-0.2, 0) is 4.79 Å². The summed E-state index contributed by atoms with van der Waals surface area (Å²) in [7, 11) is 0. The first-order chi connectivity index (χ1) is 17.8. The third-order valence-electron chi connectivity index (χ3n) is 7.57. The number of hydrogen-bond donors (Lipinski definition) is 1. The maximum Gasteiger partial charge on any atom is 0.321 e. The van der Waals surface area contributed by atoms with Crippen molar-refractivity contribution in [2.45, 2.75) is 39.5 Å². The Bertz CT molecular complexity index is 1180. The van der Waals surface area contributed by atoms with Gasteiger partial charge in [-0.3, -0.25) is 4.79 Å². The van der Waals surface area contributed by atoms with E-state index >= 15 is 0 Å². The van der Waals surface area contributed by atoms with E-state index in [1.807, 2.05) is 49.9 Å². The number of anilines is 1. The van der Waals surface area contributed by atoms with Crippen molar-refractivity contribution < 1.29 is 9.59 Å². The zero-order valence-corrected chi connectivity index (χ0v) is 22.2. The number of nitrogens with one attached hydrogen (secondary N) is 1. The van der Waals surface area contributed by atoms with Gasteiger partial charge in [0.15, 0.2) is 0 Å². The molecular formula is C30H37N5O2. The SMILES string of the molecule is C=C(c1ccc(C)c(NC(=O)N2CCN(C(=O)C(C)C)CC2)c1)N1CCC(c2ccc(C#N)cc2)CC1. The third kappa shape index (κ3) is 6.14. The highest BCUT2D eigenvalue weighted by Gasteiger charge is 2.26. The molecule has 0 atom stereocenters. The van der Waals surface area contributed by atoms with Gasteiger partial charge in [-0.05, 0) is 60.6 Å². The summed E-state index contributed by atoms with van der Waals surface area (Å²) >= 11 is 0. The molecule has 2 aliphatic heterocycles. The zero-order valence-electron chi connectivity index (χ0n) is 22.2. The number of urea groups is 1. The molecule has 0 spiro atoms. The molecule has 2 aromatic carbocycles. The maximum atomic E-state index is 13.0. The average molecular weight is 500 g/mol. The van der Waals surface area contributed by atoms with Crippen LogP contribution in [0.3, 0.4) is 0 Å². The number of piperazine rings is 1. The van der Waals surface area contributed by atoms with Crippen LogP contribution in [0, 0.1) is 24.2 Å². The molecule has 2 heterocycles. The smallest absolute Gasteiger partial charge is 0.321 e. The number of hydrogen-bond acceptors (Lipinski definition) is 4. The minimum absolute atomic E-state index is 0.0272. The summed E-state index contributed by atoms with van der Waals surface area (Å²) < 4.78 is 0. The number of likely N-dealkylation sites (tertiary alicyclic amines) is 1. The Morgan fingerprint density at radius 2 is 1.57 bits per heavy atom. The molecule has 7 nitrogen and oxygen atoms in total. The molecule has 1 N–H and O–H groups in total. The number of nitriles is 1. The molecular weight excluding hydrogens is 462 g/mol. The van der Waals surface area contributed by atoms with Gasteiger partial charge < -0.3 is 20.0 Å². The largest absolute Gasteiger partial charge is 0.371 e. The Labute approximate surface area is 220 Å². The van der Waals surface area contributed by atoms with Crippen LogP contribution in [0.2, 0.25) is 0 Å². The summed E-state index contributed by atoms with van der Waals surface area (Å²) in [4.78, 5) is 31.2. The molecule has 37 heavy (non-hydrogen) atoms. The van der Waals surface area contributed by atoms with Crippen LogP contribution in [-0.4, -0.2) is 65.9 Å². The Balaban J connectivity index is 1.34. The van der Waals surface area contributed by atoms with Gasteiger partial charge in [-0.1, -0.05) is 44.7 Å². The van der Waals surface area contributed by atoms with E-state index in [2.05, 4.69) is 41.1 Å². The van der Waals surface area contributed by atoms with Gasteiger partial charge in [-0.15, -0.1) is 0 Å². The molecule has 0 saturated carbocycles. The molecule has 0 aliphatic carbocycles. The Hall–Kier alpha value is -3.79. The van der Waals surface area contributed by atoms with Gasteiger partial charge in [0.1, 0.15) is 0 Å². The molecule has 0 aromatic heterocycles. The molecule has 4 rings (SSSR count). The highest BCUT2D eigenvalue weighted by atomic mass is 16.2. The van der Waals surface area contributed by atoms with Crippen molar-refractivity contribution in [2.75, 3.05) is 44.6 Å². The molecule has 0 bridgehead atoms. The van der Waals surface area contributed by atoms with Gasteiger partial charge in [0.25, 0.3) is 0 Å². The van der Waals surface area contributed by atoms with Crippen molar-refractivity contribution in [2.24, 2.45) is 5.92 Å². The van der Waals surface area contributed by atoms with Crippen molar-refractivity contribution in [1.82, 2.24) is 14.7 Å². The van der Waals surface area contributed by atoms with Crippen LogP contribution in [0.4, 0.5) is 10.5 Å². The van der Waals surface area contributed by atoms with E-state index in [0.717, 1.165) is 48.4 Å². The lowest BCUT2D eigenvalue weighted by atomic mass is 9.88. The zero-order chi connectivity index (χ0) is 26.5. The first-order valence-electron chi connectivity index (χ1n) is 13.2. The van der Waals surface area contributed by atoms with Crippen LogP contribution in [0.1, 0.15) is 54.9 Å². The summed E-state index contributed by atoms with van der Waals surface area (Å²) in [5.41, 5.74) is 5.74. The van der Waals surface area contributed by atoms with E-state index < -0.39 is 0 Å². The van der Waals surface area contributed by atoms with Gasteiger partial charge in [0.05, 0.1) is 11.6 Å². The lowest BCUT2D eigenvalue weighted by Crippen LogP contribution is -2.52. The quantitative estimate of drug-likeness (QED) is 0.624. The van der Waals surface area contributed by atoms with Crippen LogP contribution < -0.4 is 5.32 Å². The highest BCUT2D eigenvalue weighted by molar-refractivity contribution is 5.91. The highest BCUT2D eigenvalue weighted by Crippen LogP contribution is 2.32. The van der Waals surface area contributed by atoms with Crippen LogP contribution in [0.5, 0.6) is 0 Å². The maximum absolute atomic E-state index is 13.0. The normalized spacial score (nSPS) is 16.5. The van der Waals surface area contributed by atoms with Crippen molar-refractivity contribution in [3.8, 4) is 6.07 Å². The Kier molecular flexibility index (Phi) is 8.17. The lowest BCUT2D eigenvalue weighted by molar-refractivity contribution is -0.135. The number of aryl methyl sites for hydroxylation is 1. The van der Waals surface area contributed by atoms with Crippen LogP contribution >= 0.6 is 0 Å². The van der Waals surface area contributed by atoms with Crippen molar-refractivity contribution in [3.05, 3.63) is 71.3 Å². The average Bonchev–Trinajstić information content (AvgIpc) is 2.93. The molecule has 0 radical (unpaired) electrons. The Morgan fingerprint density at radius 3 is 2.16 bits per heavy atom. The number of amides is 3. The van der Waals surface area contributed by atoms with Gasteiger partial charge in [-0.25, -0.2) is 4.79 Å². The molecule has 2 aromatic rings. The molecule has 7 heteroatoms. The van der Waals surface area contributed by atoms with E-state index in [9.17, 15) is 9.59 Å². The molecule has 2 aliphatic rings. The van der Waals surface area contributed by atoms with E-state index in [0.29, 0.717) is 37.7 Å². The lowest BCUT2D eigenvalue weighted by Gasteiger charge is -2.36. The molecule has 3 amide bonds. The van der Waals surface area contributed by atoms with Gasteiger partial charge in [0, 0.05) is 56.6 Å². The standard InChI is InChI=1S/C30H37N5O2/c1-21(2)29(36)34-15-17-35(18-16-34)30(37)32-28-19-27(8-5-22(28)3)23(4)33-13-11-26(12-14-33)25-9-6-24(20-31)7-10-25/h5-10,19,21,26H,4,11-18H2,1-3H3,(H,32,37). The van der Waals surface area contributed by atoms with Crippen molar-refractivity contribution >= 4 is 23.3 Å². The van der Waals surface area contributed by atoms with E-state index in [-0.39, 0.29) is 17.9 Å². The summed E-state index contributed by atoms with van der Waals surface area (Å²) in [6.07, 6.45) is 2.07. The third-order valence-corrected chi connectivity index (χ3v) is 7.57. The van der Waals surface area contributed by atoms with Crippen LogP contribution in [0.25, 0.3) is 5.70 Å². The Morgan fingerprint density at radius 1 is 0.946 bits per heavy atom. The predicted octanol–water partition coefficient (Wildman–Crippen LogP) is 5.05. The molecule has 0 unspecified atom stereocenters. The van der Waals surface area contributed by atoms with E-state index in [4.69, 9.17) is 5.26 Å². The summed E-state index contributed by atoms with van der Waals surface area (Å²) in [6, 6.07) is 16.1. The number of nitrogens with zero attached hydrogens (tertiary/aromatic N) is 4. The number of carbonyl (C=O) groups is 2. The summed E-state index contributed by atoms with van der Waals surface area (Å²) in [6.45, 7) is 14.2. The molecule has 2 fully saturated rings. The monoisotopic (exact) mass is 499 g/mol. The molecule has 194 valence electrons. The van der Waals surface area contributed by atoms with Gasteiger partial charge in [-0.2, -0.15) is 5.26 Å². The second-order valence-corrected chi connectivity index (χ2v) is 10.4. The summed E-state index contributed by atoms with van der Waals surface area (Å²) in [5.74, 6) is 0.602.